The Bertz CT molecular complexity index is 727. The standard InChI is InChI=1S/C18H24N6OS.HI/c19-17(23-6-8-24(9-7-23)18-20-5-10-26-18)22-12-15-3-4-16(21-11-15)25-13-14-1-2-14;/h3-5,10-11,14H,1-2,6-9,12-13H2,(H2,19,22);1H. The average Bonchev–Trinajstić information content (AvgIpc) is 3.36. The molecule has 0 aromatic carbocycles. The van der Waals surface area contributed by atoms with E-state index in [1.54, 1.807) is 11.3 Å². The third kappa shape index (κ3) is 5.68. The van der Waals surface area contributed by atoms with Crippen LogP contribution in [0.25, 0.3) is 0 Å². The van der Waals surface area contributed by atoms with Crippen molar-refractivity contribution in [3.63, 3.8) is 0 Å². The Morgan fingerprint density at radius 1 is 1.22 bits per heavy atom. The van der Waals surface area contributed by atoms with E-state index in [0.717, 1.165) is 49.4 Å². The van der Waals surface area contributed by atoms with E-state index in [1.165, 1.54) is 12.8 Å². The summed E-state index contributed by atoms with van der Waals surface area (Å²) in [6.45, 7) is 4.87. The molecule has 0 atom stereocenters. The molecular formula is C18H25IN6OS. The lowest BCUT2D eigenvalue weighted by molar-refractivity contribution is 0.288. The van der Waals surface area contributed by atoms with Crippen LogP contribution in [0.5, 0.6) is 5.88 Å². The van der Waals surface area contributed by atoms with E-state index in [1.807, 2.05) is 29.9 Å². The van der Waals surface area contributed by atoms with Gasteiger partial charge in [-0.1, -0.05) is 6.07 Å². The number of ether oxygens (including phenoxy) is 1. The maximum Gasteiger partial charge on any atom is 0.213 e. The van der Waals surface area contributed by atoms with Gasteiger partial charge in [-0.3, -0.25) is 0 Å². The van der Waals surface area contributed by atoms with Gasteiger partial charge < -0.3 is 20.3 Å². The van der Waals surface area contributed by atoms with E-state index in [0.29, 0.717) is 18.4 Å². The van der Waals surface area contributed by atoms with Gasteiger partial charge in [0.25, 0.3) is 0 Å². The number of nitrogens with two attached hydrogens (primary N) is 1. The lowest BCUT2D eigenvalue weighted by Gasteiger charge is -2.35. The number of guanidine groups is 1. The molecule has 0 spiro atoms. The fourth-order valence-electron chi connectivity index (χ4n) is 2.85. The molecule has 2 aromatic rings. The molecule has 0 amide bonds. The lowest BCUT2D eigenvalue weighted by Crippen LogP contribution is -2.51. The first-order valence-electron chi connectivity index (χ1n) is 9.05. The SMILES string of the molecule is I.NC(=NCc1ccc(OCC2CC2)nc1)N1CCN(c2nccs2)CC1. The van der Waals surface area contributed by atoms with Crippen molar-refractivity contribution in [1.29, 1.82) is 0 Å². The largest absolute Gasteiger partial charge is 0.477 e. The monoisotopic (exact) mass is 500 g/mol. The topological polar surface area (TPSA) is 79.9 Å². The molecule has 0 unspecified atom stereocenters. The van der Waals surface area contributed by atoms with Crippen molar-refractivity contribution in [3.05, 3.63) is 35.5 Å². The molecule has 2 N–H and O–H groups in total. The van der Waals surface area contributed by atoms with E-state index in [4.69, 9.17) is 10.5 Å². The Balaban J connectivity index is 0.00000210. The first-order chi connectivity index (χ1) is 12.8. The van der Waals surface area contributed by atoms with Crippen LogP contribution in [0.1, 0.15) is 18.4 Å². The second kappa shape index (κ2) is 9.54. The number of piperazine rings is 1. The number of halogens is 1. The van der Waals surface area contributed by atoms with Gasteiger partial charge in [0.15, 0.2) is 11.1 Å². The summed E-state index contributed by atoms with van der Waals surface area (Å²) >= 11 is 1.67. The zero-order chi connectivity index (χ0) is 17.8. The maximum absolute atomic E-state index is 6.18. The highest BCUT2D eigenvalue weighted by atomic mass is 127. The van der Waals surface area contributed by atoms with Crippen LogP contribution in [0.2, 0.25) is 0 Å². The summed E-state index contributed by atoms with van der Waals surface area (Å²) in [6.07, 6.45) is 6.23. The van der Waals surface area contributed by atoms with Gasteiger partial charge in [-0.2, -0.15) is 0 Å². The zero-order valence-electron chi connectivity index (χ0n) is 15.2. The minimum Gasteiger partial charge on any atom is -0.477 e. The molecule has 2 fully saturated rings. The molecule has 3 heterocycles. The molecular weight excluding hydrogens is 475 g/mol. The van der Waals surface area contributed by atoms with Crippen molar-refractivity contribution in [2.45, 2.75) is 19.4 Å². The van der Waals surface area contributed by atoms with Crippen LogP contribution >= 0.6 is 35.3 Å². The van der Waals surface area contributed by atoms with Crippen molar-refractivity contribution in [3.8, 4) is 5.88 Å². The molecule has 2 aliphatic rings. The number of aromatic nitrogens is 2. The van der Waals surface area contributed by atoms with Crippen molar-refractivity contribution in [2.75, 3.05) is 37.7 Å². The number of hydrogen-bond acceptors (Lipinski definition) is 6. The molecule has 27 heavy (non-hydrogen) atoms. The van der Waals surface area contributed by atoms with Gasteiger partial charge in [-0.25, -0.2) is 15.0 Å². The molecule has 146 valence electrons. The Kier molecular flexibility index (Phi) is 7.11. The van der Waals surface area contributed by atoms with E-state index in [9.17, 15) is 0 Å². The molecule has 4 rings (SSSR count). The molecule has 0 radical (unpaired) electrons. The first kappa shape index (κ1) is 20.1. The van der Waals surface area contributed by atoms with Gasteiger partial charge in [-0.05, 0) is 24.3 Å². The third-order valence-electron chi connectivity index (χ3n) is 4.68. The van der Waals surface area contributed by atoms with Crippen molar-refractivity contribution >= 4 is 46.4 Å². The van der Waals surface area contributed by atoms with Crippen molar-refractivity contribution in [1.82, 2.24) is 14.9 Å². The Morgan fingerprint density at radius 2 is 2.04 bits per heavy atom. The molecule has 9 heteroatoms. The predicted molar refractivity (Wildman–Crippen MR) is 119 cm³/mol. The molecule has 0 bridgehead atoms. The number of nitrogens with zero attached hydrogens (tertiary/aromatic N) is 5. The lowest BCUT2D eigenvalue weighted by atomic mass is 10.3. The molecule has 1 saturated heterocycles. The van der Waals surface area contributed by atoms with E-state index in [-0.39, 0.29) is 24.0 Å². The third-order valence-corrected chi connectivity index (χ3v) is 5.51. The van der Waals surface area contributed by atoms with Crippen LogP contribution in [0.4, 0.5) is 5.13 Å². The van der Waals surface area contributed by atoms with E-state index < -0.39 is 0 Å². The number of aliphatic imine (C=N–C) groups is 1. The Hall–Kier alpha value is -1.62. The van der Waals surface area contributed by atoms with Crippen molar-refractivity contribution < 1.29 is 4.74 Å². The molecule has 7 nitrogen and oxygen atoms in total. The highest BCUT2D eigenvalue weighted by Crippen LogP contribution is 2.29. The summed E-state index contributed by atoms with van der Waals surface area (Å²) in [4.78, 5) is 17.7. The minimum atomic E-state index is 0. The first-order valence-corrected chi connectivity index (χ1v) is 9.93. The van der Waals surface area contributed by atoms with E-state index >= 15 is 0 Å². The number of pyridine rings is 1. The van der Waals surface area contributed by atoms with Crippen LogP contribution in [-0.4, -0.2) is 53.6 Å². The number of rotatable bonds is 6. The molecule has 1 aliphatic heterocycles. The molecule has 1 aliphatic carbocycles. The van der Waals surface area contributed by atoms with Gasteiger partial charge in [-0.15, -0.1) is 35.3 Å². The predicted octanol–water partition coefficient (Wildman–Crippen LogP) is 2.58. The smallest absolute Gasteiger partial charge is 0.213 e. The summed E-state index contributed by atoms with van der Waals surface area (Å²) in [7, 11) is 0. The van der Waals surface area contributed by atoms with Gasteiger partial charge in [0, 0.05) is 50.0 Å². The van der Waals surface area contributed by atoms with Crippen LogP contribution < -0.4 is 15.4 Å². The number of anilines is 1. The van der Waals surface area contributed by atoms with Gasteiger partial charge in [0.2, 0.25) is 5.88 Å². The highest BCUT2D eigenvalue weighted by Gasteiger charge is 2.22. The van der Waals surface area contributed by atoms with Crippen molar-refractivity contribution in [2.24, 2.45) is 16.6 Å². The van der Waals surface area contributed by atoms with Crippen LogP contribution in [0.3, 0.4) is 0 Å². The molecule has 1 saturated carbocycles. The zero-order valence-corrected chi connectivity index (χ0v) is 18.3. The average molecular weight is 500 g/mol. The minimum absolute atomic E-state index is 0. The highest BCUT2D eigenvalue weighted by molar-refractivity contribution is 14.0. The summed E-state index contributed by atoms with van der Waals surface area (Å²) in [6, 6.07) is 3.92. The fraction of sp³-hybridized carbons (Fsp3) is 0.500. The van der Waals surface area contributed by atoms with Gasteiger partial charge in [0.1, 0.15) is 0 Å². The number of hydrogen-bond donors (Lipinski definition) is 1. The normalized spacial score (nSPS) is 17.6. The summed E-state index contributed by atoms with van der Waals surface area (Å²) < 4.78 is 5.66. The summed E-state index contributed by atoms with van der Waals surface area (Å²) in [5, 5.41) is 3.09. The molecule has 2 aromatic heterocycles. The maximum atomic E-state index is 6.18. The van der Waals surface area contributed by atoms with Gasteiger partial charge >= 0.3 is 0 Å². The van der Waals surface area contributed by atoms with Gasteiger partial charge in [0.05, 0.1) is 13.2 Å². The number of thiazole rings is 1. The second-order valence-electron chi connectivity index (χ2n) is 6.72. The Labute approximate surface area is 180 Å². The summed E-state index contributed by atoms with van der Waals surface area (Å²) in [5.74, 6) is 2.02. The Morgan fingerprint density at radius 3 is 2.67 bits per heavy atom. The fourth-order valence-corrected chi connectivity index (χ4v) is 3.55. The van der Waals surface area contributed by atoms with Crippen LogP contribution in [0, 0.1) is 5.92 Å². The second-order valence-corrected chi connectivity index (χ2v) is 7.60. The van der Waals surface area contributed by atoms with E-state index in [2.05, 4.69) is 24.8 Å². The summed E-state index contributed by atoms with van der Waals surface area (Å²) in [5.41, 5.74) is 7.21. The van der Waals surface area contributed by atoms with Crippen LogP contribution in [-0.2, 0) is 6.54 Å². The van der Waals surface area contributed by atoms with Crippen LogP contribution in [0.15, 0.2) is 34.9 Å². The quantitative estimate of drug-likeness (QED) is 0.373.